The van der Waals surface area contributed by atoms with Gasteiger partial charge in [-0.1, -0.05) is 19.9 Å². The van der Waals surface area contributed by atoms with E-state index in [1.165, 1.54) is 5.56 Å². The van der Waals surface area contributed by atoms with Crippen molar-refractivity contribution >= 4 is 0 Å². The van der Waals surface area contributed by atoms with Crippen molar-refractivity contribution < 1.29 is 4.74 Å². The fourth-order valence-corrected chi connectivity index (χ4v) is 1.71. The second kappa shape index (κ2) is 7.76. The van der Waals surface area contributed by atoms with Gasteiger partial charge in [-0.3, -0.25) is 0 Å². The fourth-order valence-electron chi connectivity index (χ4n) is 1.71. The lowest BCUT2D eigenvalue weighted by atomic mass is 10.1. The minimum Gasteiger partial charge on any atom is -0.476 e. The molecule has 0 radical (unpaired) electrons. The van der Waals surface area contributed by atoms with Crippen LogP contribution in [0.2, 0.25) is 0 Å². The SMILES string of the molecule is Cc1nc(OCC(C)(C)N(C)C)ccc1CNCC(C)C. The number of rotatable bonds is 8. The van der Waals surface area contributed by atoms with E-state index in [1.807, 2.05) is 13.0 Å². The van der Waals surface area contributed by atoms with Crippen molar-refractivity contribution in [2.75, 3.05) is 27.2 Å². The Kier molecular flexibility index (Phi) is 6.62. The molecule has 0 spiro atoms. The molecule has 0 aliphatic rings. The van der Waals surface area contributed by atoms with E-state index in [4.69, 9.17) is 4.74 Å². The molecule has 4 heteroatoms. The van der Waals surface area contributed by atoms with E-state index < -0.39 is 0 Å². The largest absolute Gasteiger partial charge is 0.476 e. The molecule has 0 bridgehead atoms. The third kappa shape index (κ3) is 6.02. The molecule has 21 heavy (non-hydrogen) atoms. The van der Waals surface area contributed by atoms with Gasteiger partial charge in [-0.25, -0.2) is 4.98 Å². The van der Waals surface area contributed by atoms with Crippen LogP contribution in [0.15, 0.2) is 12.1 Å². The van der Waals surface area contributed by atoms with Crippen LogP contribution < -0.4 is 10.1 Å². The first kappa shape index (κ1) is 17.9. The summed E-state index contributed by atoms with van der Waals surface area (Å²) < 4.78 is 5.84. The van der Waals surface area contributed by atoms with E-state index in [1.54, 1.807) is 0 Å². The number of ether oxygens (including phenoxy) is 1. The molecule has 0 saturated carbocycles. The predicted molar refractivity (Wildman–Crippen MR) is 88.8 cm³/mol. The van der Waals surface area contributed by atoms with Gasteiger partial charge in [-0.2, -0.15) is 0 Å². The Morgan fingerprint density at radius 1 is 1.29 bits per heavy atom. The van der Waals surface area contributed by atoms with E-state index in [2.05, 4.69) is 63.1 Å². The lowest BCUT2D eigenvalue weighted by molar-refractivity contribution is 0.111. The van der Waals surface area contributed by atoms with Crippen molar-refractivity contribution in [2.45, 2.75) is 46.7 Å². The molecule has 0 aliphatic carbocycles. The highest BCUT2D eigenvalue weighted by Crippen LogP contribution is 2.16. The third-order valence-corrected chi connectivity index (χ3v) is 3.82. The maximum absolute atomic E-state index is 5.84. The zero-order chi connectivity index (χ0) is 16.0. The van der Waals surface area contributed by atoms with Gasteiger partial charge in [0.15, 0.2) is 0 Å². The number of hydrogen-bond acceptors (Lipinski definition) is 4. The number of aryl methyl sites for hydroxylation is 1. The summed E-state index contributed by atoms with van der Waals surface area (Å²) in [5.74, 6) is 1.36. The molecular weight excluding hydrogens is 262 g/mol. The summed E-state index contributed by atoms with van der Waals surface area (Å²) in [6, 6.07) is 4.07. The minimum atomic E-state index is -0.00687. The Hall–Kier alpha value is -1.13. The number of nitrogens with zero attached hydrogens (tertiary/aromatic N) is 2. The first-order valence-electron chi connectivity index (χ1n) is 7.70. The van der Waals surface area contributed by atoms with Crippen LogP contribution in [0.3, 0.4) is 0 Å². The van der Waals surface area contributed by atoms with Crippen LogP contribution in [0.25, 0.3) is 0 Å². The van der Waals surface area contributed by atoms with Gasteiger partial charge in [0.25, 0.3) is 0 Å². The van der Waals surface area contributed by atoms with Crippen molar-refractivity contribution in [3.8, 4) is 5.88 Å². The van der Waals surface area contributed by atoms with Crippen LogP contribution in [-0.2, 0) is 6.54 Å². The minimum absolute atomic E-state index is 0.00687. The maximum Gasteiger partial charge on any atom is 0.213 e. The lowest BCUT2D eigenvalue weighted by Gasteiger charge is -2.31. The Labute approximate surface area is 129 Å². The quantitative estimate of drug-likeness (QED) is 0.800. The summed E-state index contributed by atoms with van der Waals surface area (Å²) in [6.07, 6.45) is 0. The highest BCUT2D eigenvalue weighted by atomic mass is 16.5. The summed E-state index contributed by atoms with van der Waals surface area (Å²) in [4.78, 5) is 6.71. The van der Waals surface area contributed by atoms with Crippen LogP contribution in [0.5, 0.6) is 5.88 Å². The molecule has 1 heterocycles. The Morgan fingerprint density at radius 3 is 2.48 bits per heavy atom. The number of likely N-dealkylation sites (N-methyl/N-ethyl adjacent to an activating group) is 1. The van der Waals surface area contributed by atoms with Gasteiger partial charge in [-0.15, -0.1) is 0 Å². The molecule has 1 rings (SSSR count). The zero-order valence-corrected chi connectivity index (χ0v) is 14.7. The Morgan fingerprint density at radius 2 is 1.95 bits per heavy atom. The number of pyridine rings is 1. The first-order valence-corrected chi connectivity index (χ1v) is 7.70. The summed E-state index contributed by atoms with van der Waals surface area (Å²) in [7, 11) is 4.12. The first-order chi connectivity index (χ1) is 9.72. The highest BCUT2D eigenvalue weighted by Gasteiger charge is 2.21. The number of hydrogen-bond donors (Lipinski definition) is 1. The summed E-state index contributed by atoms with van der Waals surface area (Å²) >= 11 is 0. The molecule has 0 fully saturated rings. The fraction of sp³-hybridized carbons (Fsp3) is 0.706. The molecule has 1 aromatic heterocycles. The second-order valence-electron chi connectivity index (χ2n) is 6.91. The van der Waals surface area contributed by atoms with E-state index in [-0.39, 0.29) is 5.54 Å². The van der Waals surface area contributed by atoms with Crippen LogP contribution >= 0.6 is 0 Å². The highest BCUT2D eigenvalue weighted by molar-refractivity contribution is 5.25. The van der Waals surface area contributed by atoms with Crippen LogP contribution in [0.1, 0.15) is 39.0 Å². The van der Waals surface area contributed by atoms with Crippen molar-refractivity contribution in [1.82, 2.24) is 15.2 Å². The third-order valence-electron chi connectivity index (χ3n) is 3.82. The van der Waals surface area contributed by atoms with Crippen LogP contribution in [-0.4, -0.2) is 42.7 Å². The average molecular weight is 293 g/mol. The van der Waals surface area contributed by atoms with E-state index in [0.717, 1.165) is 18.8 Å². The molecule has 0 unspecified atom stereocenters. The Balaban J connectivity index is 2.57. The van der Waals surface area contributed by atoms with E-state index >= 15 is 0 Å². The van der Waals surface area contributed by atoms with Crippen molar-refractivity contribution in [2.24, 2.45) is 5.92 Å². The van der Waals surface area contributed by atoms with Gasteiger partial charge in [0.2, 0.25) is 5.88 Å². The van der Waals surface area contributed by atoms with Gasteiger partial charge in [0.1, 0.15) is 6.61 Å². The van der Waals surface area contributed by atoms with Crippen molar-refractivity contribution in [1.29, 1.82) is 0 Å². The Bertz CT molecular complexity index is 442. The average Bonchev–Trinajstić information content (AvgIpc) is 2.38. The molecular formula is C17H31N3O. The smallest absolute Gasteiger partial charge is 0.213 e. The zero-order valence-electron chi connectivity index (χ0n) is 14.7. The lowest BCUT2D eigenvalue weighted by Crippen LogP contribution is -2.43. The van der Waals surface area contributed by atoms with Crippen LogP contribution in [0.4, 0.5) is 0 Å². The van der Waals surface area contributed by atoms with Gasteiger partial charge < -0.3 is 15.0 Å². The normalized spacial score (nSPS) is 12.2. The van der Waals surface area contributed by atoms with Crippen molar-refractivity contribution in [3.05, 3.63) is 23.4 Å². The van der Waals surface area contributed by atoms with Gasteiger partial charge in [-0.05, 0) is 52.9 Å². The second-order valence-corrected chi connectivity index (χ2v) is 6.91. The van der Waals surface area contributed by atoms with Crippen molar-refractivity contribution in [3.63, 3.8) is 0 Å². The van der Waals surface area contributed by atoms with E-state index in [0.29, 0.717) is 18.4 Å². The molecule has 1 aromatic rings. The van der Waals surface area contributed by atoms with Gasteiger partial charge in [0, 0.05) is 23.8 Å². The van der Waals surface area contributed by atoms with Gasteiger partial charge >= 0.3 is 0 Å². The molecule has 4 nitrogen and oxygen atoms in total. The molecule has 120 valence electrons. The molecule has 0 saturated heterocycles. The summed E-state index contributed by atoms with van der Waals surface area (Å²) in [5, 5.41) is 3.45. The topological polar surface area (TPSA) is 37.4 Å². The summed E-state index contributed by atoms with van der Waals surface area (Å²) in [5.41, 5.74) is 2.26. The molecule has 1 N–H and O–H groups in total. The monoisotopic (exact) mass is 293 g/mol. The number of aromatic nitrogens is 1. The molecule has 0 aliphatic heterocycles. The maximum atomic E-state index is 5.84. The molecule has 0 amide bonds. The number of nitrogens with one attached hydrogen (secondary N) is 1. The molecule has 0 aromatic carbocycles. The van der Waals surface area contributed by atoms with Crippen LogP contribution in [0, 0.1) is 12.8 Å². The molecule has 0 atom stereocenters. The standard InChI is InChI=1S/C17H31N3O/c1-13(2)10-18-11-15-8-9-16(19-14(15)3)21-12-17(4,5)20(6)7/h8-9,13,18H,10-12H2,1-7H3. The predicted octanol–water partition coefficient (Wildman–Crippen LogP) is 2.85. The summed E-state index contributed by atoms with van der Waals surface area (Å²) in [6.45, 7) is 13.3. The van der Waals surface area contributed by atoms with Gasteiger partial charge in [0.05, 0.1) is 0 Å². The van der Waals surface area contributed by atoms with E-state index in [9.17, 15) is 0 Å².